The number of aryl methyl sites for hydroxylation is 1. The van der Waals surface area contributed by atoms with Gasteiger partial charge in [-0.2, -0.15) is 0 Å². The van der Waals surface area contributed by atoms with Crippen LogP contribution in [0, 0.1) is 18.8 Å². The lowest BCUT2D eigenvalue weighted by Crippen LogP contribution is -2.13. The predicted molar refractivity (Wildman–Crippen MR) is 64.3 cm³/mol. The maximum atomic E-state index is 9.99. The van der Waals surface area contributed by atoms with Crippen LogP contribution in [0.1, 0.15) is 49.2 Å². The Bertz CT molecular complexity index is 407. The topological polar surface area (TPSA) is 25.2 Å². The number of rotatable bonds is 2. The molecule has 2 heteroatoms. The van der Waals surface area contributed by atoms with Crippen molar-refractivity contribution in [2.75, 3.05) is 0 Å². The van der Waals surface area contributed by atoms with E-state index in [2.05, 4.69) is 24.5 Å². The normalized spacial score (nSPS) is 32.6. The molecule has 3 rings (SSSR count). The zero-order valence-corrected chi connectivity index (χ0v) is 10.2. The minimum atomic E-state index is -0.208. The first-order chi connectivity index (χ1) is 7.66. The van der Waals surface area contributed by atoms with Crippen molar-refractivity contribution in [2.24, 2.45) is 11.8 Å². The number of aliphatic hydroxyl groups excluding tert-OH is 1. The van der Waals surface area contributed by atoms with Gasteiger partial charge >= 0.3 is 0 Å². The van der Waals surface area contributed by atoms with Gasteiger partial charge in [0, 0.05) is 23.5 Å². The van der Waals surface area contributed by atoms with Crippen LogP contribution in [0.3, 0.4) is 0 Å². The number of hydrogen-bond acceptors (Lipinski definition) is 1. The first-order valence-corrected chi connectivity index (χ1v) is 6.53. The van der Waals surface area contributed by atoms with Crippen molar-refractivity contribution < 1.29 is 5.11 Å². The van der Waals surface area contributed by atoms with Gasteiger partial charge in [0.15, 0.2) is 0 Å². The molecular weight excluding hydrogens is 198 g/mol. The summed E-state index contributed by atoms with van der Waals surface area (Å²) in [5, 5.41) is 9.99. The van der Waals surface area contributed by atoms with Gasteiger partial charge in [-0.15, -0.1) is 0 Å². The molecule has 2 aliphatic carbocycles. The lowest BCUT2D eigenvalue weighted by Gasteiger charge is -2.20. The van der Waals surface area contributed by atoms with E-state index in [1.54, 1.807) is 0 Å². The first-order valence-electron chi connectivity index (χ1n) is 6.53. The lowest BCUT2D eigenvalue weighted by atomic mass is 9.95. The minimum Gasteiger partial charge on any atom is -0.388 e. The van der Waals surface area contributed by atoms with Gasteiger partial charge in [-0.05, 0) is 50.5 Å². The molecular formula is C14H21NO. The van der Waals surface area contributed by atoms with Gasteiger partial charge in [0.05, 0.1) is 6.10 Å². The molecule has 0 saturated heterocycles. The smallest absolute Gasteiger partial charge is 0.0807 e. The van der Waals surface area contributed by atoms with Crippen LogP contribution >= 0.6 is 0 Å². The van der Waals surface area contributed by atoms with Gasteiger partial charge in [-0.1, -0.05) is 6.92 Å². The average Bonchev–Trinajstić information content (AvgIpc) is 2.84. The van der Waals surface area contributed by atoms with Gasteiger partial charge in [-0.3, -0.25) is 0 Å². The number of hydrogen-bond donors (Lipinski definition) is 1. The van der Waals surface area contributed by atoms with Gasteiger partial charge in [0.1, 0.15) is 0 Å². The fraction of sp³-hybridized carbons (Fsp3) is 0.714. The van der Waals surface area contributed by atoms with E-state index in [9.17, 15) is 5.11 Å². The van der Waals surface area contributed by atoms with Crippen LogP contribution in [0.25, 0.3) is 0 Å². The molecule has 0 bridgehead atoms. The van der Waals surface area contributed by atoms with Crippen molar-refractivity contribution in [2.45, 2.75) is 52.2 Å². The Morgan fingerprint density at radius 2 is 2.25 bits per heavy atom. The molecule has 0 amide bonds. The Kier molecular flexibility index (Phi) is 2.36. The lowest BCUT2D eigenvalue weighted by molar-refractivity contribution is 0.155. The molecule has 0 aliphatic heterocycles. The number of fused-ring (bicyclic) bond motifs is 1. The minimum absolute atomic E-state index is 0.208. The third-order valence-corrected chi connectivity index (χ3v) is 4.39. The summed E-state index contributed by atoms with van der Waals surface area (Å²) in [7, 11) is 0. The zero-order chi connectivity index (χ0) is 11.3. The van der Waals surface area contributed by atoms with Crippen molar-refractivity contribution in [1.82, 2.24) is 4.57 Å². The van der Waals surface area contributed by atoms with Crippen LogP contribution in [0.4, 0.5) is 0 Å². The van der Waals surface area contributed by atoms with Gasteiger partial charge in [0.25, 0.3) is 0 Å². The highest BCUT2D eigenvalue weighted by Gasteiger charge is 2.34. The van der Waals surface area contributed by atoms with Crippen LogP contribution in [-0.4, -0.2) is 9.67 Å². The Hall–Kier alpha value is -0.760. The maximum Gasteiger partial charge on any atom is 0.0807 e. The van der Waals surface area contributed by atoms with E-state index in [1.807, 2.05) is 0 Å². The highest BCUT2D eigenvalue weighted by molar-refractivity contribution is 5.31. The fourth-order valence-electron chi connectivity index (χ4n) is 3.08. The third kappa shape index (κ3) is 1.60. The second-order valence-corrected chi connectivity index (χ2v) is 5.68. The molecule has 0 aromatic carbocycles. The summed E-state index contributed by atoms with van der Waals surface area (Å²) >= 11 is 0. The quantitative estimate of drug-likeness (QED) is 0.813. The molecule has 1 fully saturated rings. The van der Waals surface area contributed by atoms with E-state index >= 15 is 0 Å². The van der Waals surface area contributed by atoms with Crippen molar-refractivity contribution in [3.8, 4) is 0 Å². The van der Waals surface area contributed by atoms with Gasteiger partial charge in [0.2, 0.25) is 0 Å². The maximum absolute atomic E-state index is 9.99. The predicted octanol–water partition coefficient (Wildman–Crippen LogP) is 2.82. The molecule has 16 heavy (non-hydrogen) atoms. The highest BCUT2D eigenvalue weighted by atomic mass is 16.3. The summed E-state index contributed by atoms with van der Waals surface area (Å²) in [4.78, 5) is 0. The van der Waals surface area contributed by atoms with Crippen LogP contribution in [-0.2, 0) is 13.0 Å². The molecule has 0 radical (unpaired) electrons. The monoisotopic (exact) mass is 219 g/mol. The van der Waals surface area contributed by atoms with Crippen LogP contribution in [0.2, 0.25) is 0 Å². The molecule has 1 aromatic heterocycles. The molecule has 0 spiro atoms. The Labute approximate surface area is 97.3 Å². The Morgan fingerprint density at radius 3 is 2.94 bits per heavy atom. The summed E-state index contributed by atoms with van der Waals surface area (Å²) in [5.41, 5.74) is 3.96. The summed E-state index contributed by atoms with van der Waals surface area (Å²) in [6.07, 6.45) is 4.41. The number of aromatic nitrogens is 1. The van der Waals surface area contributed by atoms with E-state index in [0.717, 1.165) is 31.1 Å². The second-order valence-electron chi connectivity index (χ2n) is 5.68. The van der Waals surface area contributed by atoms with E-state index < -0.39 is 0 Å². The van der Waals surface area contributed by atoms with Gasteiger partial charge in [-0.25, -0.2) is 0 Å². The summed E-state index contributed by atoms with van der Waals surface area (Å²) in [6, 6.07) is 2.20. The van der Waals surface area contributed by atoms with E-state index in [4.69, 9.17) is 0 Å². The second kappa shape index (κ2) is 3.63. The van der Waals surface area contributed by atoms with E-state index in [-0.39, 0.29) is 6.10 Å². The molecule has 1 heterocycles. The van der Waals surface area contributed by atoms with E-state index in [0.29, 0.717) is 0 Å². The van der Waals surface area contributed by atoms with Crippen molar-refractivity contribution in [3.63, 3.8) is 0 Å². The van der Waals surface area contributed by atoms with Crippen molar-refractivity contribution in [3.05, 3.63) is 23.0 Å². The SMILES string of the molecule is Cc1cc2c(n1CC1CC1C)CCCC2O. The average molecular weight is 219 g/mol. The van der Waals surface area contributed by atoms with Crippen LogP contribution in [0.15, 0.2) is 6.07 Å². The van der Waals surface area contributed by atoms with Crippen LogP contribution in [0.5, 0.6) is 0 Å². The Morgan fingerprint density at radius 1 is 1.50 bits per heavy atom. The molecule has 1 N–H and O–H groups in total. The zero-order valence-electron chi connectivity index (χ0n) is 10.2. The van der Waals surface area contributed by atoms with Crippen molar-refractivity contribution >= 4 is 0 Å². The third-order valence-electron chi connectivity index (χ3n) is 4.39. The molecule has 3 atom stereocenters. The number of aliphatic hydroxyl groups is 1. The summed E-state index contributed by atoms with van der Waals surface area (Å²) in [5.74, 6) is 1.79. The highest BCUT2D eigenvalue weighted by Crippen LogP contribution is 2.41. The number of nitrogens with zero attached hydrogens (tertiary/aromatic N) is 1. The van der Waals surface area contributed by atoms with E-state index in [1.165, 1.54) is 29.9 Å². The standard InChI is InChI=1S/C14H21NO/c1-9-6-11(9)8-15-10(2)7-12-13(15)4-3-5-14(12)16/h7,9,11,14,16H,3-6,8H2,1-2H3. The Balaban J connectivity index is 1.91. The van der Waals surface area contributed by atoms with Crippen molar-refractivity contribution in [1.29, 1.82) is 0 Å². The fourth-order valence-corrected chi connectivity index (χ4v) is 3.08. The largest absolute Gasteiger partial charge is 0.388 e. The molecule has 88 valence electrons. The molecule has 1 saturated carbocycles. The van der Waals surface area contributed by atoms with Crippen LogP contribution < -0.4 is 0 Å². The molecule has 2 nitrogen and oxygen atoms in total. The first kappa shape index (κ1) is 10.4. The summed E-state index contributed by atoms with van der Waals surface area (Å²) in [6.45, 7) is 5.69. The van der Waals surface area contributed by atoms with Gasteiger partial charge < -0.3 is 9.67 Å². The molecule has 1 aromatic rings. The molecule has 2 aliphatic rings. The molecule has 3 unspecified atom stereocenters. The summed E-state index contributed by atoms with van der Waals surface area (Å²) < 4.78 is 2.46.